The molecule has 1 aromatic carbocycles. The molecule has 1 fully saturated rings. The van der Waals surface area contributed by atoms with Crippen LogP contribution in [-0.4, -0.2) is 73.3 Å². The fraction of sp³-hybridized carbons (Fsp3) is 0.536. The van der Waals surface area contributed by atoms with Crippen LogP contribution in [0.2, 0.25) is 0 Å². The second-order valence-electron chi connectivity index (χ2n) is 11.8. The highest BCUT2D eigenvalue weighted by atomic mass is 19.4. The average molecular weight is 651 g/mol. The van der Waals surface area contributed by atoms with Crippen LogP contribution in [0.25, 0.3) is 23.0 Å². The molecule has 45 heavy (non-hydrogen) atoms. The van der Waals surface area contributed by atoms with Gasteiger partial charge in [-0.2, -0.15) is 31.3 Å². The number of carbonyl (C=O) groups is 2. The Morgan fingerprint density at radius 3 is 2.18 bits per heavy atom. The van der Waals surface area contributed by atoms with Crippen molar-refractivity contribution in [3.05, 3.63) is 41.2 Å². The number of carboxylic acids is 2. The molecule has 2 aromatic heterocycles. The minimum Gasteiger partial charge on any atom is -0.481 e. The van der Waals surface area contributed by atoms with E-state index in [0.29, 0.717) is 24.2 Å². The van der Waals surface area contributed by atoms with Gasteiger partial charge in [-0.15, -0.1) is 0 Å². The number of benzene rings is 1. The average Bonchev–Trinajstić information content (AvgIpc) is 3.55. The molecule has 17 heteroatoms. The maximum absolute atomic E-state index is 13.9. The van der Waals surface area contributed by atoms with Crippen molar-refractivity contribution in [2.75, 3.05) is 19.6 Å². The molecule has 3 aromatic rings. The summed E-state index contributed by atoms with van der Waals surface area (Å²) in [6.45, 7) is 7.16. The van der Waals surface area contributed by atoms with E-state index in [0.717, 1.165) is 19.4 Å². The number of nitrogens with zero attached hydrogens (tertiary/aromatic N) is 4. The van der Waals surface area contributed by atoms with Gasteiger partial charge in [-0.3, -0.25) is 4.79 Å². The van der Waals surface area contributed by atoms with Crippen molar-refractivity contribution in [3.8, 4) is 23.0 Å². The van der Waals surface area contributed by atoms with E-state index in [1.807, 2.05) is 0 Å². The van der Waals surface area contributed by atoms with Crippen molar-refractivity contribution >= 4 is 11.9 Å². The number of aliphatic hydroxyl groups excluding tert-OH is 1. The number of hydrogen-bond donors (Lipinski definition) is 3. The molecule has 1 aliphatic rings. The highest BCUT2D eigenvalue weighted by molar-refractivity contribution is 5.73. The van der Waals surface area contributed by atoms with Gasteiger partial charge in [-0.25, -0.2) is 4.79 Å². The number of aromatic nitrogens is 3. The molecule has 1 saturated heterocycles. The molecule has 3 heterocycles. The van der Waals surface area contributed by atoms with Gasteiger partial charge in [-0.05, 0) is 36.3 Å². The smallest absolute Gasteiger partial charge is 0.481 e. The Kier molecular flexibility index (Phi) is 11.0. The number of aliphatic carboxylic acids is 2. The summed E-state index contributed by atoms with van der Waals surface area (Å²) < 4.78 is 83.5. The van der Waals surface area contributed by atoms with Crippen LogP contribution in [0.4, 0.5) is 26.3 Å². The fourth-order valence-corrected chi connectivity index (χ4v) is 4.74. The summed E-state index contributed by atoms with van der Waals surface area (Å²) in [5.74, 6) is -4.13. The van der Waals surface area contributed by atoms with Gasteiger partial charge in [-0.1, -0.05) is 55.4 Å². The van der Waals surface area contributed by atoms with E-state index in [1.54, 1.807) is 45.0 Å². The molecule has 0 amide bonds. The lowest BCUT2D eigenvalue weighted by molar-refractivity contribution is -0.192. The molecule has 0 unspecified atom stereocenters. The summed E-state index contributed by atoms with van der Waals surface area (Å²) in [5, 5.41) is 34.3. The minimum absolute atomic E-state index is 0.0251. The topological polar surface area (TPSA) is 163 Å². The van der Waals surface area contributed by atoms with Crippen LogP contribution >= 0.6 is 0 Å². The molecule has 0 radical (unpaired) electrons. The van der Waals surface area contributed by atoms with Crippen molar-refractivity contribution < 1.29 is 60.3 Å². The summed E-state index contributed by atoms with van der Waals surface area (Å²) in [4.78, 5) is 26.1. The van der Waals surface area contributed by atoms with E-state index in [4.69, 9.17) is 24.1 Å². The summed E-state index contributed by atoms with van der Waals surface area (Å²) in [7, 11) is 0. The number of aliphatic hydroxyl groups is 1. The van der Waals surface area contributed by atoms with Gasteiger partial charge < -0.3 is 29.3 Å². The standard InChI is InChI=1S/C26H31F3N4O5.C2HF3O2/c1-25(2,3)12-19-21(26(27,28)29)22(31-37-19)24-30-23(32-38-24)17-8-6-16(7-9-17)18(34)14-33-10-4-5-15(13-33)11-20(35)36;3-2(4,5)1(6)7/h6-9,15,18,34H,4-5,10-14H2,1-3H3,(H,35,36);(H,6,7)/t15-,18-;/m1./s1. The maximum Gasteiger partial charge on any atom is 0.490 e. The van der Waals surface area contributed by atoms with Gasteiger partial charge in [0.25, 0.3) is 5.89 Å². The Balaban J connectivity index is 0.000000707. The fourth-order valence-electron chi connectivity index (χ4n) is 4.74. The molecular weight excluding hydrogens is 618 g/mol. The molecule has 11 nitrogen and oxygen atoms in total. The molecule has 0 saturated carbocycles. The van der Waals surface area contributed by atoms with Crippen molar-refractivity contribution in [1.82, 2.24) is 20.2 Å². The van der Waals surface area contributed by atoms with Crippen LogP contribution in [0.1, 0.15) is 63.0 Å². The number of alkyl halides is 6. The number of β-amino-alcohol motifs (C(OH)–C–C–N with tert-alkyl or cyclic N) is 1. The molecule has 0 spiro atoms. The second kappa shape index (κ2) is 14.0. The van der Waals surface area contributed by atoms with Crippen molar-refractivity contribution in [2.24, 2.45) is 11.3 Å². The van der Waals surface area contributed by atoms with Gasteiger partial charge in [0.15, 0.2) is 5.69 Å². The summed E-state index contributed by atoms with van der Waals surface area (Å²) in [6, 6.07) is 6.67. The molecular formula is C28H32F6N4O7. The Morgan fingerprint density at radius 2 is 1.64 bits per heavy atom. The normalized spacial score (nSPS) is 17.0. The van der Waals surface area contributed by atoms with Gasteiger partial charge in [0.2, 0.25) is 5.82 Å². The largest absolute Gasteiger partial charge is 0.490 e. The summed E-state index contributed by atoms with van der Waals surface area (Å²) in [6.07, 6.45) is -8.72. The minimum atomic E-state index is -5.08. The van der Waals surface area contributed by atoms with E-state index in [2.05, 4.69) is 20.2 Å². The quantitative estimate of drug-likeness (QED) is 0.251. The molecule has 4 rings (SSSR count). The number of carboxylic acid groups (broad SMARTS) is 2. The first-order valence-electron chi connectivity index (χ1n) is 13.7. The van der Waals surface area contributed by atoms with Crippen LogP contribution in [0.5, 0.6) is 0 Å². The first kappa shape index (κ1) is 35.5. The van der Waals surface area contributed by atoms with E-state index < -0.39 is 53.0 Å². The SMILES string of the molecule is CC(C)(C)Cc1onc(-c2nc(-c3ccc([C@H](O)CN4CCC[C@H](CC(=O)O)C4)cc3)no2)c1C(F)(F)F.O=C(O)C(F)(F)F. The molecule has 1 aliphatic heterocycles. The Labute approximate surface area is 252 Å². The lowest BCUT2D eigenvalue weighted by Crippen LogP contribution is -2.38. The predicted octanol–water partition coefficient (Wildman–Crippen LogP) is 5.85. The number of piperidine rings is 1. The van der Waals surface area contributed by atoms with Crippen LogP contribution in [0.15, 0.2) is 33.3 Å². The second-order valence-corrected chi connectivity index (χ2v) is 11.8. The van der Waals surface area contributed by atoms with Gasteiger partial charge >= 0.3 is 24.3 Å². The monoisotopic (exact) mass is 650 g/mol. The zero-order chi connectivity index (χ0) is 33.7. The van der Waals surface area contributed by atoms with Crippen molar-refractivity contribution in [1.29, 1.82) is 0 Å². The Bertz CT molecular complexity index is 1450. The predicted molar refractivity (Wildman–Crippen MR) is 143 cm³/mol. The first-order valence-corrected chi connectivity index (χ1v) is 13.7. The van der Waals surface area contributed by atoms with E-state index in [9.17, 15) is 36.2 Å². The highest BCUT2D eigenvalue weighted by Gasteiger charge is 2.43. The lowest BCUT2D eigenvalue weighted by Gasteiger charge is -2.33. The third-order valence-electron chi connectivity index (χ3n) is 6.66. The third kappa shape index (κ3) is 10.3. The van der Waals surface area contributed by atoms with Gasteiger partial charge in [0, 0.05) is 31.5 Å². The number of halogens is 6. The highest BCUT2D eigenvalue weighted by Crippen LogP contribution is 2.41. The zero-order valence-corrected chi connectivity index (χ0v) is 24.4. The number of hydrogen-bond acceptors (Lipinski definition) is 9. The molecule has 3 N–H and O–H groups in total. The third-order valence-corrected chi connectivity index (χ3v) is 6.66. The van der Waals surface area contributed by atoms with Crippen LogP contribution in [0, 0.1) is 11.3 Å². The van der Waals surface area contributed by atoms with E-state index in [1.165, 1.54) is 0 Å². The molecule has 0 aliphatic carbocycles. The Hall–Kier alpha value is -3.99. The first-order chi connectivity index (χ1) is 20.7. The number of likely N-dealkylation sites (tertiary alicyclic amines) is 1. The van der Waals surface area contributed by atoms with Crippen molar-refractivity contribution in [3.63, 3.8) is 0 Å². The molecule has 2 atom stereocenters. The van der Waals surface area contributed by atoms with Crippen LogP contribution < -0.4 is 0 Å². The molecule has 0 bridgehead atoms. The van der Waals surface area contributed by atoms with Crippen LogP contribution in [-0.2, 0) is 22.2 Å². The number of rotatable bonds is 8. The molecule has 248 valence electrons. The van der Waals surface area contributed by atoms with E-state index >= 15 is 0 Å². The summed E-state index contributed by atoms with van der Waals surface area (Å²) in [5.41, 5.74) is -0.908. The maximum atomic E-state index is 13.9. The summed E-state index contributed by atoms with van der Waals surface area (Å²) >= 11 is 0. The van der Waals surface area contributed by atoms with Gasteiger partial charge in [0.1, 0.15) is 11.3 Å². The van der Waals surface area contributed by atoms with E-state index in [-0.39, 0.29) is 30.3 Å². The lowest BCUT2D eigenvalue weighted by atomic mass is 9.89. The van der Waals surface area contributed by atoms with Gasteiger partial charge in [0.05, 0.1) is 6.10 Å². The van der Waals surface area contributed by atoms with Crippen LogP contribution in [0.3, 0.4) is 0 Å². The Morgan fingerprint density at radius 1 is 1.02 bits per heavy atom. The zero-order valence-electron chi connectivity index (χ0n) is 24.4. The van der Waals surface area contributed by atoms with Crippen molar-refractivity contribution in [2.45, 2.75) is 64.9 Å².